The molecule has 7 nitrogen and oxygen atoms in total. The van der Waals surface area contributed by atoms with Gasteiger partial charge in [-0.05, 0) is 44.5 Å². The summed E-state index contributed by atoms with van der Waals surface area (Å²) in [4.78, 5) is 28.5. The van der Waals surface area contributed by atoms with Crippen LogP contribution >= 0.6 is 0 Å². The van der Waals surface area contributed by atoms with Crippen LogP contribution in [-0.4, -0.2) is 41.1 Å². The highest BCUT2D eigenvalue weighted by Crippen LogP contribution is 2.23. The van der Waals surface area contributed by atoms with Crippen molar-refractivity contribution in [2.24, 2.45) is 0 Å². The van der Waals surface area contributed by atoms with Gasteiger partial charge in [-0.1, -0.05) is 12.1 Å². The van der Waals surface area contributed by atoms with E-state index in [1.165, 1.54) is 0 Å². The van der Waals surface area contributed by atoms with E-state index < -0.39 is 0 Å². The Morgan fingerprint density at radius 1 is 1.03 bits per heavy atom. The molecule has 1 N–H and O–H groups in total. The van der Waals surface area contributed by atoms with Crippen molar-refractivity contribution in [2.75, 3.05) is 36.0 Å². The van der Waals surface area contributed by atoms with Crippen LogP contribution in [0.1, 0.15) is 23.2 Å². The van der Waals surface area contributed by atoms with Gasteiger partial charge < -0.3 is 14.8 Å². The van der Waals surface area contributed by atoms with E-state index >= 15 is 0 Å². The lowest BCUT2D eigenvalue weighted by atomic mass is 10.1. The third-order valence-corrected chi connectivity index (χ3v) is 5.60. The molecule has 1 aliphatic heterocycles. The van der Waals surface area contributed by atoms with E-state index in [1.807, 2.05) is 43.3 Å². The molecule has 7 heteroatoms. The fourth-order valence-electron chi connectivity index (χ4n) is 3.73. The number of nitrogens with zero attached hydrogens (tertiary/aromatic N) is 5. The molecule has 1 saturated heterocycles. The molecule has 0 saturated carbocycles. The number of rotatable bonds is 3. The monoisotopic (exact) mass is 400 g/mol. The van der Waals surface area contributed by atoms with Crippen LogP contribution in [0.25, 0.3) is 11.4 Å². The quantitative estimate of drug-likeness (QED) is 0.727. The van der Waals surface area contributed by atoms with Gasteiger partial charge in [0.25, 0.3) is 5.56 Å². The minimum atomic E-state index is -0.119. The van der Waals surface area contributed by atoms with Crippen LogP contribution < -0.4 is 15.4 Å². The molecule has 4 rings (SSSR count). The molecule has 3 heterocycles. The molecule has 0 atom stereocenters. The molecule has 0 amide bonds. The summed E-state index contributed by atoms with van der Waals surface area (Å²) in [5, 5.41) is 9.39. The molecule has 2 aromatic heterocycles. The standard InChI is InChI=1S/C23H24N6O/c1-16-17(2)26-22(27-23(16)30)19-8-9-21(25-15-19)29-11-5-10-28(12-13-29)20-7-4-3-6-18(20)14-24/h3-4,6-9,15H,5,10-13H2,1-2H3,(H,26,27,30). The molecule has 0 bridgehead atoms. The Morgan fingerprint density at radius 2 is 1.80 bits per heavy atom. The van der Waals surface area contributed by atoms with Gasteiger partial charge in [-0.15, -0.1) is 0 Å². The molecule has 1 aromatic carbocycles. The lowest BCUT2D eigenvalue weighted by Crippen LogP contribution is -2.31. The number of para-hydroxylation sites is 1. The smallest absolute Gasteiger partial charge is 0.254 e. The predicted molar refractivity (Wildman–Crippen MR) is 118 cm³/mol. The first-order valence-corrected chi connectivity index (χ1v) is 10.1. The van der Waals surface area contributed by atoms with Crippen molar-refractivity contribution in [3.05, 3.63) is 69.8 Å². The molecular weight excluding hydrogens is 376 g/mol. The first-order valence-electron chi connectivity index (χ1n) is 10.1. The van der Waals surface area contributed by atoms with Crippen LogP contribution in [0.5, 0.6) is 0 Å². The fourth-order valence-corrected chi connectivity index (χ4v) is 3.73. The summed E-state index contributed by atoms with van der Waals surface area (Å²) in [5.41, 5.74) is 3.74. The normalized spacial score (nSPS) is 14.3. The topological polar surface area (TPSA) is 88.9 Å². The van der Waals surface area contributed by atoms with Crippen molar-refractivity contribution in [1.82, 2.24) is 15.0 Å². The molecule has 0 spiro atoms. The first-order chi connectivity index (χ1) is 14.6. The van der Waals surface area contributed by atoms with E-state index in [0.717, 1.165) is 55.4 Å². The molecule has 0 unspecified atom stereocenters. The second-order valence-electron chi connectivity index (χ2n) is 7.49. The molecular formula is C23H24N6O. The lowest BCUT2D eigenvalue weighted by molar-refractivity contribution is 0.797. The Bertz CT molecular complexity index is 1150. The number of nitrogens with one attached hydrogen (secondary N) is 1. The Labute approximate surface area is 175 Å². The highest BCUT2D eigenvalue weighted by molar-refractivity contribution is 5.60. The minimum Gasteiger partial charge on any atom is -0.369 e. The van der Waals surface area contributed by atoms with Gasteiger partial charge in [-0.25, -0.2) is 9.97 Å². The summed E-state index contributed by atoms with van der Waals surface area (Å²) in [6.45, 7) is 7.06. The third-order valence-electron chi connectivity index (χ3n) is 5.60. The molecule has 1 fully saturated rings. The maximum Gasteiger partial charge on any atom is 0.254 e. The Morgan fingerprint density at radius 3 is 2.53 bits per heavy atom. The van der Waals surface area contributed by atoms with Gasteiger partial charge in [0.2, 0.25) is 0 Å². The van der Waals surface area contributed by atoms with Crippen molar-refractivity contribution in [2.45, 2.75) is 20.3 Å². The molecule has 1 aliphatic rings. The summed E-state index contributed by atoms with van der Waals surface area (Å²) in [6.07, 6.45) is 2.74. The van der Waals surface area contributed by atoms with Crippen LogP contribution in [-0.2, 0) is 0 Å². The second-order valence-corrected chi connectivity index (χ2v) is 7.49. The van der Waals surface area contributed by atoms with Gasteiger partial charge in [0.05, 0.1) is 11.3 Å². The number of aromatic nitrogens is 3. The first kappa shape index (κ1) is 19.6. The molecule has 30 heavy (non-hydrogen) atoms. The van der Waals surface area contributed by atoms with Crippen LogP contribution in [0.15, 0.2) is 47.4 Å². The minimum absolute atomic E-state index is 0.119. The number of pyridine rings is 1. The summed E-state index contributed by atoms with van der Waals surface area (Å²) in [6, 6.07) is 14.0. The number of H-pyrrole nitrogens is 1. The summed E-state index contributed by atoms with van der Waals surface area (Å²) in [7, 11) is 0. The summed E-state index contributed by atoms with van der Waals surface area (Å²) in [5.74, 6) is 1.44. The number of benzene rings is 1. The van der Waals surface area contributed by atoms with E-state index in [-0.39, 0.29) is 5.56 Å². The third kappa shape index (κ3) is 3.90. The van der Waals surface area contributed by atoms with Gasteiger partial charge in [0, 0.05) is 49.2 Å². The second kappa shape index (κ2) is 8.37. The van der Waals surface area contributed by atoms with Crippen LogP contribution in [0, 0.1) is 25.2 Å². The zero-order valence-corrected chi connectivity index (χ0v) is 17.2. The molecule has 0 radical (unpaired) electrons. The molecule has 152 valence electrons. The lowest BCUT2D eigenvalue weighted by Gasteiger charge is -2.25. The van der Waals surface area contributed by atoms with Crippen molar-refractivity contribution in [3.8, 4) is 17.5 Å². The van der Waals surface area contributed by atoms with Gasteiger partial charge in [-0.2, -0.15) is 5.26 Å². The average molecular weight is 400 g/mol. The highest BCUT2D eigenvalue weighted by atomic mass is 16.1. The van der Waals surface area contributed by atoms with E-state index in [0.29, 0.717) is 17.0 Å². The van der Waals surface area contributed by atoms with E-state index in [2.05, 4.69) is 30.8 Å². The largest absolute Gasteiger partial charge is 0.369 e. The van der Waals surface area contributed by atoms with E-state index in [4.69, 9.17) is 0 Å². The number of anilines is 2. The molecule has 0 aliphatic carbocycles. The van der Waals surface area contributed by atoms with Crippen molar-refractivity contribution < 1.29 is 0 Å². The Hall–Kier alpha value is -3.66. The van der Waals surface area contributed by atoms with Gasteiger partial charge >= 0.3 is 0 Å². The Balaban J connectivity index is 1.50. The number of nitriles is 1. The SMILES string of the molecule is Cc1nc(-c2ccc(N3CCCN(c4ccccc4C#N)CC3)nc2)[nH]c(=O)c1C. The number of hydrogen-bond acceptors (Lipinski definition) is 6. The van der Waals surface area contributed by atoms with Crippen LogP contribution in [0.3, 0.4) is 0 Å². The average Bonchev–Trinajstić information content (AvgIpc) is 3.03. The molecule has 3 aromatic rings. The zero-order valence-electron chi connectivity index (χ0n) is 17.2. The van der Waals surface area contributed by atoms with Crippen molar-refractivity contribution >= 4 is 11.5 Å². The van der Waals surface area contributed by atoms with Crippen LogP contribution in [0.2, 0.25) is 0 Å². The van der Waals surface area contributed by atoms with Crippen molar-refractivity contribution in [1.29, 1.82) is 5.26 Å². The zero-order chi connectivity index (χ0) is 21.1. The number of hydrogen-bond donors (Lipinski definition) is 1. The number of aromatic amines is 1. The summed E-state index contributed by atoms with van der Waals surface area (Å²) < 4.78 is 0. The van der Waals surface area contributed by atoms with Crippen LogP contribution in [0.4, 0.5) is 11.5 Å². The van der Waals surface area contributed by atoms with Gasteiger partial charge in [0.1, 0.15) is 17.7 Å². The maximum atomic E-state index is 12.0. The van der Waals surface area contributed by atoms with Gasteiger partial charge in [0.15, 0.2) is 0 Å². The maximum absolute atomic E-state index is 12.0. The Kier molecular flexibility index (Phi) is 5.48. The van der Waals surface area contributed by atoms with Crippen molar-refractivity contribution in [3.63, 3.8) is 0 Å². The van der Waals surface area contributed by atoms with E-state index in [1.54, 1.807) is 13.1 Å². The number of aryl methyl sites for hydroxylation is 1. The van der Waals surface area contributed by atoms with E-state index in [9.17, 15) is 10.1 Å². The predicted octanol–water partition coefficient (Wildman–Crippen LogP) is 3.04. The fraction of sp³-hybridized carbons (Fsp3) is 0.304. The highest BCUT2D eigenvalue weighted by Gasteiger charge is 2.18. The van der Waals surface area contributed by atoms with Gasteiger partial charge in [-0.3, -0.25) is 4.79 Å². The summed E-state index contributed by atoms with van der Waals surface area (Å²) >= 11 is 0.